The number of aromatic amines is 1. The number of hydrogen-bond donors (Lipinski definition) is 3. The van der Waals surface area contributed by atoms with Crippen molar-refractivity contribution in [2.75, 3.05) is 0 Å². The summed E-state index contributed by atoms with van der Waals surface area (Å²) >= 11 is 0. The van der Waals surface area contributed by atoms with Gasteiger partial charge in [0.05, 0.1) is 17.3 Å². The predicted octanol–water partition coefficient (Wildman–Crippen LogP) is 2.42. The van der Waals surface area contributed by atoms with E-state index in [0.717, 1.165) is 12.0 Å². The number of fused-ring (bicyclic) bond motifs is 1. The van der Waals surface area contributed by atoms with E-state index in [-0.39, 0.29) is 17.9 Å². The van der Waals surface area contributed by atoms with Crippen molar-refractivity contribution in [1.82, 2.24) is 25.8 Å². The highest BCUT2D eigenvalue weighted by Gasteiger charge is 2.11. The number of nitrogens with zero attached hydrogens (tertiary/aromatic N) is 2. The molecule has 7 heteroatoms. The molecule has 2 amide bonds. The molecular formula is C19H21N5O2. The fraction of sp³-hybridized carbons (Fsp3) is 0.263. The molecule has 0 aliphatic rings. The van der Waals surface area contributed by atoms with Crippen LogP contribution < -0.4 is 10.6 Å². The van der Waals surface area contributed by atoms with Crippen LogP contribution in [0.15, 0.2) is 42.7 Å². The summed E-state index contributed by atoms with van der Waals surface area (Å²) in [6, 6.07) is 9.06. The molecule has 0 bridgehead atoms. The molecule has 3 aromatic rings. The lowest BCUT2D eigenvalue weighted by Crippen LogP contribution is -2.32. The maximum Gasteiger partial charge on any atom is 0.253 e. The minimum atomic E-state index is -0.233. The Morgan fingerprint density at radius 2 is 2.00 bits per heavy atom. The second kappa shape index (κ2) is 7.77. The average molecular weight is 351 g/mol. The summed E-state index contributed by atoms with van der Waals surface area (Å²) < 4.78 is 0. The Balaban J connectivity index is 1.64. The largest absolute Gasteiger partial charge is 0.350 e. The van der Waals surface area contributed by atoms with E-state index < -0.39 is 0 Å². The smallest absolute Gasteiger partial charge is 0.253 e. The maximum absolute atomic E-state index is 12.3. The van der Waals surface area contributed by atoms with Gasteiger partial charge in [0.25, 0.3) is 11.8 Å². The van der Waals surface area contributed by atoms with E-state index in [2.05, 4.69) is 25.8 Å². The van der Waals surface area contributed by atoms with Crippen molar-refractivity contribution in [2.24, 2.45) is 0 Å². The lowest BCUT2D eigenvalue weighted by molar-refractivity contribution is 0.0936. The third-order valence-electron chi connectivity index (χ3n) is 4.18. The summed E-state index contributed by atoms with van der Waals surface area (Å²) in [6.07, 6.45) is 3.99. The van der Waals surface area contributed by atoms with Gasteiger partial charge in [0, 0.05) is 24.3 Å². The van der Waals surface area contributed by atoms with Gasteiger partial charge in [-0.15, -0.1) is 0 Å². The summed E-state index contributed by atoms with van der Waals surface area (Å²) in [7, 11) is 0. The quantitative estimate of drug-likeness (QED) is 0.635. The Morgan fingerprint density at radius 3 is 2.81 bits per heavy atom. The molecule has 2 heterocycles. The number of benzene rings is 1. The number of hydrogen-bond acceptors (Lipinski definition) is 4. The summed E-state index contributed by atoms with van der Waals surface area (Å²) in [4.78, 5) is 28.7. The normalized spacial score (nSPS) is 11.9. The Bertz CT molecular complexity index is 934. The monoisotopic (exact) mass is 351 g/mol. The highest BCUT2D eigenvalue weighted by atomic mass is 16.2. The van der Waals surface area contributed by atoms with Crippen molar-refractivity contribution in [3.8, 4) is 0 Å². The molecule has 1 unspecified atom stereocenters. The van der Waals surface area contributed by atoms with E-state index in [1.807, 2.05) is 26.0 Å². The summed E-state index contributed by atoms with van der Waals surface area (Å²) in [5, 5.41) is 12.5. The maximum atomic E-state index is 12.3. The van der Waals surface area contributed by atoms with Gasteiger partial charge in [-0.05, 0) is 37.1 Å². The van der Waals surface area contributed by atoms with Gasteiger partial charge in [-0.1, -0.05) is 19.1 Å². The number of pyridine rings is 1. The molecule has 0 aliphatic heterocycles. The first-order chi connectivity index (χ1) is 12.6. The minimum absolute atomic E-state index is 0.110. The van der Waals surface area contributed by atoms with E-state index >= 15 is 0 Å². The molecule has 0 spiro atoms. The molecule has 0 radical (unpaired) electrons. The Kier molecular flexibility index (Phi) is 5.26. The zero-order valence-electron chi connectivity index (χ0n) is 14.7. The molecule has 7 nitrogen and oxygen atoms in total. The molecular weight excluding hydrogens is 330 g/mol. The molecule has 1 aromatic carbocycles. The molecule has 0 fully saturated rings. The van der Waals surface area contributed by atoms with Crippen LogP contribution >= 0.6 is 0 Å². The molecule has 0 aliphatic carbocycles. The third-order valence-corrected chi connectivity index (χ3v) is 4.18. The topological polar surface area (TPSA) is 99.8 Å². The Hall–Kier alpha value is -3.22. The SMILES string of the molecule is CCC(C)NC(=O)c1cccc(CNC(=O)c2cnc3cn[nH]c3c2)c1. The van der Waals surface area contributed by atoms with Crippen molar-refractivity contribution in [3.05, 3.63) is 59.4 Å². The van der Waals surface area contributed by atoms with Gasteiger partial charge in [0.1, 0.15) is 5.52 Å². The number of rotatable bonds is 6. The molecule has 0 saturated carbocycles. The summed E-state index contributed by atoms with van der Waals surface area (Å²) in [6.45, 7) is 4.31. The van der Waals surface area contributed by atoms with Gasteiger partial charge in [-0.25, -0.2) is 0 Å². The number of carbonyl (C=O) groups excluding carboxylic acids is 2. The molecule has 1 atom stereocenters. The molecule has 3 rings (SSSR count). The van der Waals surface area contributed by atoms with Gasteiger partial charge in [-0.3, -0.25) is 19.7 Å². The van der Waals surface area contributed by atoms with Crippen molar-refractivity contribution in [3.63, 3.8) is 0 Å². The first-order valence-electron chi connectivity index (χ1n) is 8.54. The molecule has 0 saturated heterocycles. The van der Waals surface area contributed by atoms with E-state index in [0.29, 0.717) is 28.7 Å². The van der Waals surface area contributed by atoms with Crippen LogP contribution in [0.3, 0.4) is 0 Å². The second-order valence-electron chi connectivity index (χ2n) is 6.19. The van der Waals surface area contributed by atoms with E-state index in [4.69, 9.17) is 0 Å². The van der Waals surface area contributed by atoms with Crippen LogP contribution in [0.1, 0.15) is 46.5 Å². The van der Waals surface area contributed by atoms with Gasteiger partial charge < -0.3 is 10.6 Å². The van der Waals surface area contributed by atoms with Gasteiger partial charge >= 0.3 is 0 Å². The van der Waals surface area contributed by atoms with Crippen LogP contribution in [0, 0.1) is 0 Å². The number of H-pyrrole nitrogens is 1. The van der Waals surface area contributed by atoms with Crippen LogP contribution in [0.5, 0.6) is 0 Å². The predicted molar refractivity (Wildman–Crippen MR) is 98.7 cm³/mol. The van der Waals surface area contributed by atoms with Crippen LogP contribution in [0.2, 0.25) is 0 Å². The first-order valence-corrected chi connectivity index (χ1v) is 8.54. The van der Waals surface area contributed by atoms with Crippen molar-refractivity contribution < 1.29 is 9.59 Å². The molecule has 26 heavy (non-hydrogen) atoms. The molecule has 134 valence electrons. The van der Waals surface area contributed by atoms with Crippen molar-refractivity contribution in [1.29, 1.82) is 0 Å². The highest BCUT2D eigenvalue weighted by Crippen LogP contribution is 2.10. The van der Waals surface area contributed by atoms with Crippen molar-refractivity contribution in [2.45, 2.75) is 32.9 Å². The summed E-state index contributed by atoms with van der Waals surface area (Å²) in [5.41, 5.74) is 3.30. The van der Waals surface area contributed by atoms with E-state index in [1.165, 1.54) is 6.20 Å². The van der Waals surface area contributed by atoms with E-state index in [1.54, 1.807) is 24.4 Å². The lowest BCUT2D eigenvalue weighted by Gasteiger charge is -2.12. The zero-order chi connectivity index (χ0) is 18.5. The van der Waals surface area contributed by atoms with E-state index in [9.17, 15) is 9.59 Å². The fourth-order valence-corrected chi connectivity index (χ4v) is 2.47. The van der Waals surface area contributed by atoms with Crippen LogP contribution in [-0.4, -0.2) is 33.0 Å². The standard InChI is InChI=1S/C19H21N5O2/c1-3-12(2)23-19(26)14-6-4-5-13(7-14)9-21-18(25)15-8-16-17(20-10-15)11-22-24-16/h4-8,10-12H,3,9H2,1-2H3,(H,21,25)(H,22,24)(H,23,26). The number of amides is 2. The Morgan fingerprint density at radius 1 is 1.15 bits per heavy atom. The van der Waals surface area contributed by atoms with Gasteiger partial charge in [-0.2, -0.15) is 5.10 Å². The summed E-state index contributed by atoms with van der Waals surface area (Å²) in [5.74, 6) is -0.343. The van der Waals surface area contributed by atoms with Crippen LogP contribution in [-0.2, 0) is 6.54 Å². The first kappa shape index (κ1) is 17.6. The fourth-order valence-electron chi connectivity index (χ4n) is 2.47. The third kappa shape index (κ3) is 4.05. The molecule has 3 N–H and O–H groups in total. The second-order valence-corrected chi connectivity index (χ2v) is 6.19. The average Bonchev–Trinajstić information content (AvgIpc) is 3.13. The van der Waals surface area contributed by atoms with Gasteiger partial charge in [0.2, 0.25) is 0 Å². The molecule has 2 aromatic heterocycles. The number of nitrogens with one attached hydrogen (secondary N) is 3. The zero-order valence-corrected chi connectivity index (χ0v) is 14.7. The van der Waals surface area contributed by atoms with Crippen LogP contribution in [0.4, 0.5) is 0 Å². The van der Waals surface area contributed by atoms with Gasteiger partial charge in [0.15, 0.2) is 0 Å². The lowest BCUT2D eigenvalue weighted by atomic mass is 10.1. The van der Waals surface area contributed by atoms with Crippen LogP contribution in [0.25, 0.3) is 11.0 Å². The minimum Gasteiger partial charge on any atom is -0.350 e. The van der Waals surface area contributed by atoms with Crippen molar-refractivity contribution >= 4 is 22.8 Å². The Labute approximate surface area is 151 Å². The number of carbonyl (C=O) groups is 2. The number of aromatic nitrogens is 3. The highest BCUT2D eigenvalue weighted by molar-refractivity contribution is 5.96.